The lowest BCUT2D eigenvalue weighted by Gasteiger charge is -2.09. The van der Waals surface area contributed by atoms with Gasteiger partial charge in [-0.1, -0.05) is 18.2 Å². The minimum Gasteiger partial charge on any atom is -0.322 e. The van der Waals surface area contributed by atoms with Crippen molar-refractivity contribution in [1.82, 2.24) is 4.72 Å². The predicted octanol–water partition coefficient (Wildman–Crippen LogP) is 1.81. The van der Waals surface area contributed by atoms with Gasteiger partial charge in [0.25, 0.3) is 5.91 Å². The Bertz CT molecular complexity index is 1040. The number of sulfone groups is 1. The minimum atomic E-state index is -3.76. The smallest absolute Gasteiger partial charge is 0.255 e. The van der Waals surface area contributed by atoms with Crippen molar-refractivity contribution in [2.45, 2.75) is 9.79 Å². The fraction of sp³-hybridized carbons (Fsp3) is 0.118. The molecule has 2 aromatic rings. The maximum absolute atomic E-state index is 12.4. The molecular formula is C17H18N2O5S2. The highest BCUT2D eigenvalue weighted by atomic mass is 32.2. The zero-order valence-corrected chi connectivity index (χ0v) is 15.6. The van der Waals surface area contributed by atoms with Gasteiger partial charge in [0.15, 0.2) is 9.84 Å². The Morgan fingerprint density at radius 1 is 1.04 bits per heavy atom. The lowest BCUT2D eigenvalue weighted by Crippen LogP contribution is -2.24. The van der Waals surface area contributed by atoms with E-state index in [9.17, 15) is 21.6 Å². The standard InChI is InChI=1S/C17H18N2O5S2/c1-3-10-18-26(23,24)16-9-4-6-13(11-16)17(20)19-14-7-5-8-15(12-14)25(2,21)22/h3-9,11-12,18H,1,10H2,2H3,(H,19,20). The molecule has 0 aliphatic rings. The first-order chi connectivity index (χ1) is 12.1. The number of amides is 1. The number of anilines is 1. The van der Waals surface area contributed by atoms with Crippen LogP contribution in [0.15, 0.2) is 71.0 Å². The highest BCUT2D eigenvalue weighted by molar-refractivity contribution is 7.90. The van der Waals surface area contributed by atoms with Crippen molar-refractivity contribution in [2.75, 3.05) is 18.1 Å². The van der Waals surface area contributed by atoms with Gasteiger partial charge in [0, 0.05) is 24.1 Å². The summed E-state index contributed by atoms with van der Waals surface area (Å²) in [7, 11) is -7.17. The molecule has 0 fully saturated rings. The van der Waals surface area contributed by atoms with Crippen LogP contribution in [-0.4, -0.2) is 35.5 Å². The highest BCUT2D eigenvalue weighted by Gasteiger charge is 2.16. The van der Waals surface area contributed by atoms with Gasteiger partial charge in [-0.3, -0.25) is 4.79 Å². The molecule has 0 aromatic heterocycles. The van der Waals surface area contributed by atoms with Gasteiger partial charge >= 0.3 is 0 Å². The monoisotopic (exact) mass is 394 g/mol. The molecule has 0 saturated carbocycles. The molecule has 0 aliphatic carbocycles. The number of hydrogen-bond acceptors (Lipinski definition) is 5. The largest absolute Gasteiger partial charge is 0.322 e. The van der Waals surface area contributed by atoms with Gasteiger partial charge in [0.2, 0.25) is 10.0 Å². The summed E-state index contributed by atoms with van der Waals surface area (Å²) in [6, 6.07) is 11.3. The van der Waals surface area contributed by atoms with E-state index in [1.54, 1.807) is 6.07 Å². The molecule has 0 bridgehead atoms. The van der Waals surface area contributed by atoms with Crippen LogP contribution in [0.3, 0.4) is 0 Å². The maximum Gasteiger partial charge on any atom is 0.255 e. The van der Waals surface area contributed by atoms with Crippen molar-refractivity contribution in [2.24, 2.45) is 0 Å². The van der Waals surface area contributed by atoms with E-state index in [0.717, 1.165) is 6.26 Å². The number of benzene rings is 2. The Kier molecular flexibility index (Phi) is 5.96. The van der Waals surface area contributed by atoms with Crippen molar-refractivity contribution in [1.29, 1.82) is 0 Å². The van der Waals surface area contributed by atoms with Crippen LogP contribution in [0.25, 0.3) is 0 Å². The van der Waals surface area contributed by atoms with Crippen LogP contribution >= 0.6 is 0 Å². The number of rotatable bonds is 7. The molecule has 0 unspecified atom stereocenters. The Labute approximate surface area is 152 Å². The molecular weight excluding hydrogens is 376 g/mol. The summed E-state index contributed by atoms with van der Waals surface area (Å²) in [6.07, 6.45) is 2.47. The number of nitrogens with one attached hydrogen (secondary N) is 2. The Morgan fingerprint density at radius 3 is 2.35 bits per heavy atom. The lowest BCUT2D eigenvalue weighted by atomic mass is 10.2. The Morgan fingerprint density at radius 2 is 1.69 bits per heavy atom. The van der Waals surface area contributed by atoms with Crippen molar-refractivity contribution in [3.63, 3.8) is 0 Å². The lowest BCUT2D eigenvalue weighted by molar-refractivity contribution is 0.102. The van der Waals surface area contributed by atoms with Gasteiger partial charge < -0.3 is 5.32 Å². The molecule has 1 amide bonds. The van der Waals surface area contributed by atoms with Crippen molar-refractivity contribution in [3.05, 3.63) is 66.7 Å². The highest BCUT2D eigenvalue weighted by Crippen LogP contribution is 2.17. The molecule has 0 heterocycles. The van der Waals surface area contributed by atoms with Crippen LogP contribution < -0.4 is 10.0 Å². The second-order valence-electron chi connectivity index (χ2n) is 5.42. The summed E-state index contributed by atoms with van der Waals surface area (Å²) in [5.41, 5.74) is 0.409. The van der Waals surface area contributed by atoms with Crippen LogP contribution in [0.5, 0.6) is 0 Å². The minimum absolute atomic E-state index is 0.0584. The van der Waals surface area contributed by atoms with Gasteiger partial charge in [0.05, 0.1) is 9.79 Å². The summed E-state index contributed by atoms with van der Waals surface area (Å²) < 4.78 is 49.7. The van der Waals surface area contributed by atoms with Crippen molar-refractivity contribution < 1.29 is 21.6 Å². The molecule has 9 heteroatoms. The Hall–Kier alpha value is -2.49. The quantitative estimate of drug-likeness (QED) is 0.696. The number of carbonyl (C=O) groups is 1. The fourth-order valence-corrected chi connectivity index (χ4v) is 3.77. The van der Waals surface area contributed by atoms with E-state index in [4.69, 9.17) is 0 Å². The van der Waals surface area contributed by atoms with Gasteiger partial charge in [-0.25, -0.2) is 21.6 Å². The van der Waals surface area contributed by atoms with Gasteiger partial charge in [-0.15, -0.1) is 6.58 Å². The molecule has 0 aliphatic heterocycles. The Balaban J connectivity index is 2.26. The average Bonchev–Trinajstić information content (AvgIpc) is 2.59. The van der Waals surface area contributed by atoms with E-state index in [1.165, 1.54) is 48.5 Å². The number of hydrogen-bond donors (Lipinski definition) is 2. The maximum atomic E-state index is 12.4. The second kappa shape index (κ2) is 7.81. The molecule has 2 N–H and O–H groups in total. The van der Waals surface area contributed by atoms with E-state index >= 15 is 0 Å². The summed E-state index contributed by atoms with van der Waals surface area (Å²) in [5, 5.41) is 2.56. The van der Waals surface area contributed by atoms with Gasteiger partial charge in [0.1, 0.15) is 0 Å². The third-order valence-corrected chi connectivity index (χ3v) is 5.88. The van der Waals surface area contributed by atoms with Gasteiger partial charge in [-0.05, 0) is 36.4 Å². The first-order valence-electron chi connectivity index (χ1n) is 7.45. The van der Waals surface area contributed by atoms with E-state index < -0.39 is 25.8 Å². The van der Waals surface area contributed by atoms with Crippen LogP contribution in [0.1, 0.15) is 10.4 Å². The predicted molar refractivity (Wildman–Crippen MR) is 99.3 cm³/mol. The van der Waals surface area contributed by atoms with Crippen LogP contribution in [0.2, 0.25) is 0 Å². The molecule has 7 nitrogen and oxygen atoms in total. The molecule has 0 spiro atoms. The van der Waals surface area contributed by atoms with Crippen molar-refractivity contribution in [3.8, 4) is 0 Å². The topological polar surface area (TPSA) is 109 Å². The normalized spacial score (nSPS) is 11.7. The second-order valence-corrected chi connectivity index (χ2v) is 9.21. The van der Waals surface area contributed by atoms with E-state index in [2.05, 4.69) is 16.6 Å². The zero-order valence-electron chi connectivity index (χ0n) is 14.0. The molecule has 0 saturated heterocycles. The van der Waals surface area contributed by atoms with E-state index in [0.29, 0.717) is 0 Å². The fourth-order valence-electron chi connectivity index (χ4n) is 2.06. The third kappa shape index (κ3) is 5.01. The summed E-state index contributed by atoms with van der Waals surface area (Å²) in [5.74, 6) is -0.559. The molecule has 26 heavy (non-hydrogen) atoms. The summed E-state index contributed by atoms with van der Waals surface area (Å²) in [4.78, 5) is 12.4. The van der Waals surface area contributed by atoms with E-state index in [1.807, 2.05) is 0 Å². The molecule has 138 valence electrons. The third-order valence-electron chi connectivity index (χ3n) is 3.34. The van der Waals surface area contributed by atoms with Crippen LogP contribution in [0, 0.1) is 0 Å². The summed E-state index contributed by atoms with van der Waals surface area (Å²) >= 11 is 0. The average molecular weight is 394 g/mol. The SMILES string of the molecule is C=CCNS(=O)(=O)c1cccc(C(=O)Nc2cccc(S(C)(=O)=O)c2)c1. The zero-order chi connectivity index (χ0) is 19.4. The number of sulfonamides is 1. The molecule has 0 radical (unpaired) electrons. The number of carbonyl (C=O) groups excluding carboxylic acids is 1. The molecule has 2 rings (SSSR count). The van der Waals surface area contributed by atoms with E-state index in [-0.39, 0.29) is 27.6 Å². The molecule has 2 aromatic carbocycles. The first-order valence-corrected chi connectivity index (χ1v) is 10.8. The van der Waals surface area contributed by atoms with Crippen LogP contribution in [-0.2, 0) is 19.9 Å². The summed E-state index contributed by atoms with van der Waals surface area (Å²) in [6.45, 7) is 3.51. The molecule has 0 atom stereocenters. The van der Waals surface area contributed by atoms with Gasteiger partial charge in [-0.2, -0.15) is 0 Å². The first kappa shape index (κ1) is 19.8. The van der Waals surface area contributed by atoms with Crippen LogP contribution in [0.4, 0.5) is 5.69 Å². The van der Waals surface area contributed by atoms with Crippen molar-refractivity contribution >= 4 is 31.5 Å².